The highest BCUT2D eigenvalue weighted by Crippen LogP contribution is 2.24. The summed E-state index contributed by atoms with van der Waals surface area (Å²) in [6.45, 7) is 6.28. The largest absolute Gasteiger partial charge is 0.384 e. The highest BCUT2D eigenvalue weighted by molar-refractivity contribution is 5.96. The van der Waals surface area contributed by atoms with Gasteiger partial charge in [-0.1, -0.05) is 61.4 Å². The Balaban J connectivity index is 1.40. The average Bonchev–Trinajstić information content (AvgIpc) is 2.99. The van der Waals surface area contributed by atoms with E-state index in [2.05, 4.69) is 24.1 Å². The molecule has 8 heteroatoms. The molecule has 1 amide bonds. The van der Waals surface area contributed by atoms with Gasteiger partial charge in [0.05, 0.1) is 17.5 Å². The summed E-state index contributed by atoms with van der Waals surface area (Å²) in [5.41, 5.74) is 9.95. The van der Waals surface area contributed by atoms with Gasteiger partial charge in [0.25, 0.3) is 5.56 Å². The summed E-state index contributed by atoms with van der Waals surface area (Å²) < 4.78 is 1.79. The van der Waals surface area contributed by atoms with Crippen LogP contribution in [0.25, 0.3) is 22.3 Å². The summed E-state index contributed by atoms with van der Waals surface area (Å²) in [7, 11) is 0. The number of rotatable bonds is 11. The molecule has 1 saturated heterocycles. The molecular weight excluding hydrogens is 536 g/mol. The molecule has 0 bridgehead atoms. The average molecular weight is 579 g/mol. The zero-order valence-corrected chi connectivity index (χ0v) is 25.2. The van der Waals surface area contributed by atoms with Gasteiger partial charge < -0.3 is 15.6 Å². The lowest BCUT2D eigenvalue weighted by molar-refractivity contribution is -0.115. The van der Waals surface area contributed by atoms with Gasteiger partial charge in [-0.15, -0.1) is 0 Å². The number of benzene rings is 3. The third kappa shape index (κ3) is 7.38. The first-order valence-electron chi connectivity index (χ1n) is 15.4. The van der Waals surface area contributed by atoms with Gasteiger partial charge in [0.15, 0.2) is 0 Å². The minimum Gasteiger partial charge on any atom is -0.384 e. The van der Waals surface area contributed by atoms with Crippen molar-refractivity contribution in [2.45, 2.75) is 77.4 Å². The first kappa shape index (κ1) is 30.2. The minimum absolute atomic E-state index is 0.0591. The molecule has 1 aliphatic rings. The van der Waals surface area contributed by atoms with Crippen molar-refractivity contribution in [3.63, 3.8) is 0 Å². The summed E-state index contributed by atoms with van der Waals surface area (Å²) in [4.78, 5) is 34.1. The van der Waals surface area contributed by atoms with E-state index in [0.29, 0.717) is 52.2 Å². The molecule has 1 aliphatic heterocycles. The number of unbranched alkanes of at least 4 members (excludes halogenated alkanes) is 2. The second-order valence-corrected chi connectivity index (χ2v) is 11.8. The van der Waals surface area contributed by atoms with Crippen molar-refractivity contribution >= 4 is 28.5 Å². The van der Waals surface area contributed by atoms with E-state index in [9.17, 15) is 9.59 Å². The summed E-state index contributed by atoms with van der Waals surface area (Å²) >= 11 is 0. The highest BCUT2D eigenvalue weighted by Gasteiger charge is 2.23. The van der Waals surface area contributed by atoms with Gasteiger partial charge in [-0.2, -0.15) is 0 Å². The number of amidine groups is 1. The van der Waals surface area contributed by atoms with Gasteiger partial charge in [-0.3, -0.25) is 19.9 Å². The molecule has 2 atom stereocenters. The lowest BCUT2D eigenvalue weighted by atomic mass is 9.97. The Hall–Kier alpha value is -4.30. The quantitative estimate of drug-likeness (QED) is 0.115. The maximum Gasteiger partial charge on any atom is 0.277 e. The Kier molecular flexibility index (Phi) is 9.67. The van der Waals surface area contributed by atoms with Crippen LogP contribution in [0, 0.1) is 5.41 Å². The van der Waals surface area contributed by atoms with E-state index in [1.54, 1.807) is 22.8 Å². The van der Waals surface area contributed by atoms with E-state index in [0.717, 1.165) is 31.4 Å². The summed E-state index contributed by atoms with van der Waals surface area (Å²) in [6, 6.07) is 23.5. The summed E-state index contributed by atoms with van der Waals surface area (Å²) in [5, 5.41) is 10.8. The number of nitrogens with one attached hydrogen (secondary N) is 2. The number of aromatic nitrogens is 2. The van der Waals surface area contributed by atoms with Gasteiger partial charge in [-0.25, -0.2) is 4.98 Å². The Bertz CT molecular complexity index is 1640. The highest BCUT2D eigenvalue weighted by atomic mass is 16.1. The van der Waals surface area contributed by atoms with E-state index in [-0.39, 0.29) is 23.7 Å². The zero-order chi connectivity index (χ0) is 30.3. The van der Waals surface area contributed by atoms with Crippen molar-refractivity contribution in [2.75, 3.05) is 11.9 Å². The number of amides is 1. The van der Waals surface area contributed by atoms with Crippen LogP contribution in [0.5, 0.6) is 0 Å². The first-order valence-corrected chi connectivity index (χ1v) is 15.4. The zero-order valence-electron chi connectivity index (χ0n) is 25.2. The smallest absolute Gasteiger partial charge is 0.277 e. The SMILES string of the molecule is C[C@@H]1CCC[C@H](C)N1CCCCCn1c(=O)c(-c2cccc(C(=N)N)c2)nc2ccc(NC(=O)Cc3ccccc3)cc21. The predicted molar refractivity (Wildman–Crippen MR) is 175 cm³/mol. The number of nitrogens with two attached hydrogens (primary N) is 1. The molecule has 0 aliphatic carbocycles. The van der Waals surface area contributed by atoms with Gasteiger partial charge in [0.2, 0.25) is 5.91 Å². The molecule has 43 heavy (non-hydrogen) atoms. The van der Waals surface area contributed by atoms with Crippen molar-refractivity contribution in [1.82, 2.24) is 14.5 Å². The molecule has 5 rings (SSSR count). The molecule has 0 radical (unpaired) electrons. The summed E-state index contributed by atoms with van der Waals surface area (Å²) in [5.74, 6) is -0.178. The maximum atomic E-state index is 14.0. The topological polar surface area (TPSA) is 117 Å². The second kappa shape index (κ2) is 13.8. The lowest BCUT2D eigenvalue weighted by Crippen LogP contribution is -2.44. The van der Waals surface area contributed by atoms with Crippen LogP contribution < -0.4 is 16.6 Å². The van der Waals surface area contributed by atoms with Crippen molar-refractivity contribution in [1.29, 1.82) is 5.41 Å². The third-order valence-electron chi connectivity index (χ3n) is 8.56. The number of aryl methyl sites for hydroxylation is 1. The fourth-order valence-corrected chi connectivity index (χ4v) is 6.20. The van der Waals surface area contributed by atoms with Crippen LogP contribution in [0.4, 0.5) is 5.69 Å². The number of hydrogen-bond donors (Lipinski definition) is 3. The number of carbonyl (C=O) groups excluding carboxylic acids is 1. The van der Waals surface area contributed by atoms with E-state index >= 15 is 0 Å². The van der Waals surface area contributed by atoms with E-state index in [1.165, 1.54) is 19.3 Å². The fraction of sp³-hybridized carbons (Fsp3) is 0.371. The Morgan fingerprint density at radius 2 is 1.70 bits per heavy atom. The van der Waals surface area contributed by atoms with Gasteiger partial charge in [-0.05, 0) is 75.9 Å². The van der Waals surface area contributed by atoms with Crippen LogP contribution in [0.15, 0.2) is 77.6 Å². The Labute approximate surface area is 253 Å². The number of piperidine rings is 1. The molecule has 2 heterocycles. The summed E-state index contributed by atoms with van der Waals surface area (Å²) in [6.07, 6.45) is 7.05. The molecular formula is C35H42N6O2. The third-order valence-corrected chi connectivity index (χ3v) is 8.56. The predicted octanol–water partition coefficient (Wildman–Crippen LogP) is 5.96. The number of hydrogen-bond acceptors (Lipinski definition) is 5. The molecule has 4 aromatic rings. The minimum atomic E-state index is -0.195. The molecule has 4 N–H and O–H groups in total. The number of likely N-dealkylation sites (tertiary alicyclic amines) is 1. The maximum absolute atomic E-state index is 14.0. The van der Waals surface area contributed by atoms with Gasteiger partial charge in [0, 0.05) is 35.4 Å². The van der Waals surface area contributed by atoms with Crippen LogP contribution in [0.3, 0.4) is 0 Å². The normalized spacial score (nSPS) is 17.2. The molecule has 1 fully saturated rings. The number of nitrogen functional groups attached to an aromatic ring is 1. The molecule has 3 aromatic carbocycles. The van der Waals surface area contributed by atoms with Crippen molar-refractivity contribution in [2.24, 2.45) is 5.73 Å². The van der Waals surface area contributed by atoms with E-state index in [4.69, 9.17) is 16.1 Å². The number of fused-ring (bicyclic) bond motifs is 1. The molecule has 224 valence electrons. The number of anilines is 1. The van der Waals surface area contributed by atoms with Gasteiger partial charge >= 0.3 is 0 Å². The van der Waals surface area contributed by atoms with Crippen LogP contribution in [0.2, 0.25) is 0 Å². The molecule has 1 aromatic heterocycles. The molecule has 8 nitrogen and oxygen atoms in total. The lowest BCUT2D eigenvalue weighted by Gasteiger charge is -2.39. The Morgan fingerprint density at radius 1 is 0.953 bits per heavy atom. The molecule has 0 spiro atoms. The monoisotopic (exact) mass is 578 g/mol. The number of carbonyl (C=O) groups is 1. The van der Waals surface area contributed by atoms with Crippen LogP contribution >= 0.6 is 0 Å². The van der Waals surface area contributed by atoms with Crippen LogP contribution in [-0.2, 0) is 17.8 Å². The fourth-order valence-electron chi connectivity index (χ4n) is 6.20. The molecule has 0 saturated carbocycles. The first-order chi connectivity index (χ1) is 20.8. The number of nitrogens with zero attached hydrogens (tertiary/aromatic N) is 3. The van der Waals surface area contributed by atoms with Crippen molar-refractivity contribution in [3.8, 4) is 11.3 Å². The van der Waals surface area contributed by atoms with Crippen LogP contribution in [0.1, 0.15) is 63.5 Å². The second-order valence-electron chi connectivity index (χ2n) is 11.8. The van der Waals surface area contributed by atoms with E-state index < -0.39 is 0 Å². The van der Waals surface area contributed by atoms with Crippen LogP contribution in [-0.4, -0.2) is 44.8 Å². The van der Waals surface area contributed by atoms with E-state index in [1.807, 2.05) is 54.6 Å². The van der Waals surface area contributed by atoms with Gasteiger partial charge in [0.1, 0.15) is 11.5 Å². The van der Waals surface area contributed by atoms with Crippen molar-refractivity contribution < 1.29 is 4.79 Å². The Morgan fingerprint density at radius 3 is 2.44 bits per heavy atom. The molecule has 0 unspecified atom stereocenters. The standard InChI is InChI=1S/C35H42N6O2/c1-24-11-9-12-25(2)40(24)19-7-4-8-20-41-31-23-29(38-32(42)21-26-13-5-3-6-14-26)17-18-30(31)39-33(35(41)43)27-15-10-16-28(22-27)34(36)37/h3,5-6,10,13-18,22-25H,4,7-9,11-12,19-21H2,1-2H3,(H3,36,37)(H,38,42)/t24-,25+. The van der Waals surface area contributed by atoms with Crippen molar-refractivity contribution in [3.05, 3.63) is 94.3 Å².